The van der Waals surface area contributed by atoms with Gasteiger partial charge in [-0.25, -0.2) is 0 Å². The zero-order valence-corrected chi connectivity index (χ0v) is 14.0. The van der Waals surface area contributed by atoms with Gasteiger partial charge in [-0.05, 0) is 31.2 Å². The van der Waals surface area contributed by atoms with E-state index in [0.29, 0.717) is 25.2 Å². The SMILES string of the molecule is Cc1ccc([N+](=O)[O-])cc1NC(=O)CN1C[C@@H]2CCC[C@@]2(C(=O)O)C1. The predicted molar refractivity (Wildman–Crippen MR) is 90.3 cm³/mol. The molecule has 1 aromatic carbocycles. The van der Waals surface area contributed by atoms with E-state index < -0.39 is 16.3 Å². The number of carboxylic acid groups (broad SMARTS) is 1. The number of likely N-dealkylation sites (tertiary alicyclic amines) is 1. The van der Waals surface area contributed by atoms with Gasteiger partial charge in [0.2, 0.25) is 5.91 Å². The minimum atomic E-state index is -0.771. The van der Waals surface area contributed by atoms with E-state index >= 15 is 0 Å². The van der Waals surface area contributed by atoms with E-state index in [-0.39, 0.29) is 24.1 Å². The summed E-state index contributed by atoms with van der Waals surface area (Å²) in [7, 11) is 0. The van der Waals surface area contributed by atoms with Crippen LogP contribution in [0.3, 0.4) is 0 Å². The molecule has 8 nitrogen and oxygen atoms in total. The number of anilines is 1. The number of aliphatic carboxylic acids is 1. The number of nitro groups is 1. The molecule has 2 fully saturated rings. The molecule has 2 atom stereocenters. The highest BCUT2D eigenvalue weighted by Crippen LogP contribution is 2.48. The number of benzene rings is 1. The molecule has 1 aliphatic heterocycles. The Morgan fingerprint density at radius 1 is 1.48 bits per heavy atom. The minimum Gasteiger partial charge on any atom is -0.481 e. The Bertz CT molecular complexity index is 735. The number of carboxylic acids is 1. The highest BCUT2D eigenvalue weighted by Gasteiger charge is 2.54. The molecule has 25 heavy (non-hydrogen) atoms. The zero-order chi connectivity index (χ0) is 18.2. The Morgan fingerprint density at radius 2 is 2.24 bits per heavy atom. The molecule has 1 saturated heterocycles. The van der Waals surface area contributed by atoms with Crippen molar-refractivity contribution in [3.8, 4) is 0 Å². The molecule has 0 bridgehead atoms. The average molecular weight is 347 g/mol. The quantitative estimate of drug-likeness (QED) is 0.622. The van der Waals surface area contributed by atoms with Gasteiger partial charge in [-0.15, -0.1) is 0 Å². The van der Waals surface area contributed by atoms with Crippen molar-refractivity contribution < 1.29 is 19.6 Å². The lowest BCUT2D eigenvalue weighted by Gasteiger charge is -2.23. The summed E-state index contributed by atoms with van der Waals surface area (Å²) in [5, 5.41) is 23.2. The van der Waals surface area contributed by atoms with E-state index in [4.69, 9.17) is 0 Å². The third-order valence-corrected chi connectivity index (χ3v) is 5.44. The highest BCUT2D eigenvalue weighted by atomic mass is 16.6. The third kappa shape index (κ3) is 3.21. The Hall–Kier alpha value is -2.48. The number of hydrogen-bond donors (Lipinski definition) is 2. The van der Waals surface area contributed by atoms with E-state index in [9.17, 15) is 24.8 Å². The first kappa shape index (κ1) is 17.3. The normalized spacial score (nSPS) is 25.6. The number of nitrogens with zero attached hydrogens (tertiary/aromatic N) is 2. The van der Waals surface area contributed by atoms with Gasteiger partial charge in [0.1, 0.15) is 0 Å². The van der Waals surface area contributed by atoms with Crippen LogP contribution in [0.5, 0.6) is 0 Å². The van der Waals surface area contributed by atoms with Gasteiger partial charge >= 0.3 is 5.97 Å². The number of carbonyl (C=O) groups is 2. The van der Waals surface area contributed by atoms with Crippen molar-refractivity contribution in [3.63, 3.8) is 0 Å². The molecule has 1 saturated carbocycles. The van der Waals surface area contributed by atoms with Crippen molar-refractivity contribution in [3.05, 3.63) is 33.9 Å². The summed E-state index contributed by atoms with van der Waals surface area (Å²) in [6, 6.07) is 4.32. The summed E-state index contributed by atoms with van der Waals surface area (Å²) in [6.07, 6.45) is 2.47. The molecule has 0 radical (unpaired) electrons. The number of amides is 1. The number of hydrogen-bond acceptors (Lipinski definition) is 5. The highest BCUT2D eigenvalue weighted by molar-refractivity contribution is 5.93. The number of nitrogens with one attached hydrogen (secondary N) is 1. The summed E-state index contributed by atoms with van der Waals surface area (Å²) in [5.74, 6) is -0.964. The lowest BCUT2D eigenvalue weighted by Crippen LogP contribution is -2.37. The Kier molecular flexibility index (Phi) is 4.47. The van der Waals surface area contributed by atoms with Crippen molar-refractivity contribution in [2.24, 2.45) is 11.3 Å². The fourth-order valence-electron chi connectivity index (χ4n) is 4.11. The molecule has 0 unspecified atom stereocenters. The molecular weight excluding hydrogens is 326 g/mol. The molecule has 1 heterocycles. The Balaban J connectivity index is 1.65. The van der Waals surface area contributed by atoms with E-state index in [0.717, 1.165) is 18.4 Å². The van der Waals surface area contributed by atoms with Gasteiger partial charge in [-0.3, -0.25) is 24.6 Å². The van der Waals surface area contributed by atoms with Crippen LogP contribution < -0.4 is 5.32 Å². The molecule has 0 aromatic heterocycles. The van der Waals surface area contributed by atoms with Crippen molar-refractivity contribution in [2.45, 2.75) is 26.2 Å². The maximum atomic E-state index is 12.3. The maximum Gasteiger partial charge on any atom is 0.311 e. The van der Waals surface area contributed by atoms with Gasteiger partial charge in [0.25, 0.3) is 5.69 Å². The number of non-ortho nitro benzene ring substituents is 1. The Labute approximate surface area is 145 Å². The molecule has 1 aliphatic carbocycles. The van der Waals surface area contributed by atoms with Crippen molar-refractivity contribution in [2.75, 3.05) is 25.0 Å². The van der Waals surface area contributed by atoms with Crippen LogP contribution >= 0.6 is 0 Å². The maximum absolute atomic E-state index is 12.3. The smallest absolute Gasteiger partial charge is 0.311 e. The van der Waals surface area contributed by atoms with Crippen molar-refractivity contribution >= 4 is 23.3 Å². The van der Waals surface area contributed by atoms with Crippen LogP contribution in [0.15, 0.2) is 18.2 Å². The van der Waals surface area contributed by atoms with E-state index in [1.54, 1.807) is 13.0 Å². The average Bonchev–Trinajstić information content (AvgIpc) is 3.06. The fourth-order valence-corrected chi connectivity index (χ4v) is 4.11. The zero-order valence-electron chi connectivity index (χ0n) is 14.0. The number of nitro benzene ring substituents is 1. The van der Waals surface area contributed by atoms with Crippen LogP contribution in [0.4, 0.5) is 11.4 Å². The number of fused-ring (bicyclic) bond motifs is 1. The van der Waals surface area contributed by atoms with E-state index in [1.807, 2.05) is 4.90 Å². The molecule has 2 aliphatic rings. The molecule has 0 spiro atoms. The molecule has 1 aromatic rings. The molecule has 8 heteroatoms. The van der Waals surface area contributed by atoms with Crippen LogP contribution in [0.25, 0.3) is 0 Å². The summed E-state index contributed by atoms with van der Waals surface area (Å²) in [5.41, 5.74) is 0.342. The summed E-state index contributed by atoms with van der Waals surface area (Å²) < 4.78 is 0. The summed E-state index contributed by atoms with van der Waals surface area (Å²) >= 11 is 0. The lowest BCUT2D eigenvalue weighted by atomic mass is 9.81. The number of carbonyl (C=O) groups excluding carboxylic acids is 1. The van der Waals surface area contributed by atoms with E-state index in [2.05, 4.69) is 5.32 Å². The van der Waals surface area contributed by atoms with Crippen molar-refractivity contribution in [1.82, 2.24) is 4.90 Å². The molecule has 1 amide bonds. The first-order valence-electron chi connectivity index (χ1n) is 8.32. The Morgan fingerprint density at radius 3 is 2.88 bits per heavy atom. The van der Waals surface area contributed by atoms with Gasteiger partial charge < -0.3 is 10.4 Å². The first-order chi connectivity index (χ1) is 11.8. The second-order valence-corrected chi connectivity index (χ2v) is 7.02. The second kappa shape index (κ2) is 6.44. The number of rotatable bonds is 5. The summed E-state index contributed by atoms with van der Waals surface area (Å²) in [6.45, 7) is 2.84. The van der Waals surface area contributed by atoms with Crippen LogP contribution in [-0.2, 0) is 9.59 Å². The minimum absolute atomic E-state index is 0.0820. The van der Waals surface area contributed by atoms with Crippen LogP contribution in [-0.4, -0.2) is 46.4 Å². The van der Waals surface area contributed by atoms with Crippen LogP contribution in [0.2, 0.25) is 0 Å². The van der Waals surface area contributed by atoms with Crippen molar-refractivity contribution in [1.29, 1.82) is 0 Å². The van der Waals surface area contributed by atoms with Gasteiger partial charge in [0.05, 0.1) is 22.6 Å². The standard InChI is InChI=1S/C17H21N3O5/c1-11-4-5-13(20(24)25)7-14(11)18-15(21)9-19-8-12-3-2-6-17(12,10-19)16(22)23/h4-5,7,12H,2-3,6,8-10H2,1H3,(H,18,21)(H,22,23)/t12-,17+/m0/s1. The van der Waals surface area contributed by atoms with Gasteiger partial charge in [-0.2, -0.15) is 0 Å². The largest absolute Gasteiger partial charge is 0.481 e. The second-order valence-electron chi connectivity index (χ2n) is 7.02. The molecular formula is C17H21N3O5. The lowest BCUT2D eigenvalue weighted by molar-refractivity contribution is -0.384. The third-order valence-electron chi connectivity index (χ3n) is 5.44. The molecule has 2 N–H and O–H groups in total. The van der Waals surface area contributed by atoms with Gasteiger partial charge in [0, 0.05) is 25.2 Å². The predicted octanol–water partition coefficient (Wildman–Crippen LogP) is 2.03. The summed E-state index contributed by atoms with van der Waals surface area (Å²) in [4.78, 5) is 36.2. The monoisotopic (exact) mass is 347 g/mol. The van der Waals surface area contributed by atoms with Gasteiger partial charge in [-0.1, -0.05) is 12.5 Å². The molecule has 3 rings (SSSR count). The van der Waals surface area contributed by atoms with E-state index in [1.165, 1.54) is 12.1 Å². The van der Waals surface area contributed by atoms with Crippen LogP contribution in [0.1, 0.15) is 24.8 Å². The molecule has 134 valence electrons. The number of aryl methyl sites for hydroxylation is 1. The van der Waals surface area contributed by atoms with Gasteiger partial charge in [0.15, 0.2) is 0 Å². The fraction of sp³-hybridized carbons (Fsp3) is 0.529. The topological polar surface area (TPSA) is 113 Å². The van der Waals surface area contributed by atoms with Crippen LogP contribution in [0, 0.1) is 28.4 Å². The first-order valence-corrected chi connectivity index (χ1v) is 8.32.